The smallest absolute Gasteiger partial charge is 0.169 e. The molecule has 1 aliphatic heterocycles. The number of hydrogen-bond donors (Lipinski definition) is 1. The summed E-state index contributed by atoms with van der Waals surface area (Å²) in [5.41, 5.74) is 5.79. The van der Waals surface area contributed by atoms with E-state index in [1.54, 1.807) is 14.2 Å². The van der Waals surface area contributed by atoms with Crippen LogP contribution in [0, 0.1) is 5.92 Å². The van der Waals surface area contributed by atoms with E-state index in [9.17, 15) is 0 Å². The van der Waals surface area contributed by atoms with Gasteiger partial charge in [0.15, 0.2) is 6.29 Å². The van der Waals surface area contributed by atoms with Crippen molar-refractivity contribution in [2.45, 2.75) is 32.1 Å². The number of ether oxygens (including phenoxy) is 2. The zero-order valence-electron chi connectivity index (χ0n) is 10.1. The average molecular weight is 216 g/mol. The van der Waals surface area contributed by atoms with Crippen LogP contribution in [0.5, 0.6) is 0 Å². The second-order valence-corrected chi connectivity index (χ2v) is 4.41. The molecule has 0 aromatic heterocycles. The molecule has 4 heteroatoms. The first-order chi connectivity index (χ1) is 7.21. The molecule has 1 fully saturated rings. The van der Waals surface area contributed by atoms with E-state index in [1.165, 1.54) is 12.8 Å². The molecule has 4 nitrogen and oxygen atoms in total. The molecule has 0 aromatic carbocycles. The minimum absolute atomic E-state index is 0.132. The van der Waals surface area contributed by atoms with Crippen molar-refractivity contribution in [2.75, 3.05) is 33.9 Å². The summed E-state index contributed by atoms with van der Waals surface area (Å²) in [5.74, 6) is 0.790. The van der Waals surface area contributed by atoms with Crippen molar-refractivity contribution in [3.63, 3.8) is 0 Å². The molecule has 2 N–H and O–H groups in total. The van der Waals surface area contributed by atoms with Gasteiger partial charge in [0.05, 0.1) is 0 Å². The van der Waals surface area contributed by atoms with Crippen molar-refractivity contribution in [3.8, 4) is 0 Å². The van der Waals surface area contributed by atoms with Crippen LogP contribution < -0.4 is 5.73 Å². The van der Waals surface area contributed by atoms with Gasteiger partial charge in [-0.05, 0) is 25.3 Å². The van der Waals surface area contributed by atoms with Gasteiger partial charge in [-0.15, -0.1) is 0 Å². The monoisotopic (exact) mass is 216 g/mol. The van der Waals surface area contributed by atoms with Gasteiger partial charge in [-0.2, -0.15) is 0 Å². The third-order valence-electron chi connectivity index (χ3n) is 3.28. The molecule has 1 aliphatic rings. The van der Waals surface area contributed by atoms with Crippen LogP contribution in [0.2, 0.25) is 0 Å². The maximum absolute atomic E-state index is 5.79. The van der Waals surface area contributed by atoms with E-state index in [0.717, 1.165) is 25.6 Å². The minimum atomic E-state index is -0.132. The third kappa shape index (κ3) is 3.72. The van der Waals surface area contributed by atoms with Crippen molar-refractivity contribution in [2.24, 2.45) is 11.7 Å². The Hall–Kier alpha value is -0.160. The fourth-order valence-corrected chi connectivity index (χ4v) is 2.22. The molecule has 0 aromatic rings. The molecule has 0 bridgehead atoms. The van der Waals surface area contributed by atoms with Gasteiger partial charge in [0.25, 0.3) is 0 Å². The molecule has 15 heavy (non-hydrogen) atoms. The van der Waals surface area contributed by atoms with Gasteiger partial charge in [0, 0.05) is 33.4 Å². The lowest BCUT2D eigenvalue weighted by molar-refractivity contribution is -0.123. The first-order valence-electron chi connectivity index (χ1n) is 5.71. The molecule has 0 aliphatic carbocycles. The number of methoxy groups -OCH3 is 2. The Morgan fingerprint density at radius 2 is 2.07 bits per heavy atom. The van der Waals surface area contributed by atoms with Gasteiger partial charge in [-0.1, -0.05) is 6.92 Å². The van der Waals surface area contributed by atoms with Crippen LogP contribution in [0.4, 0.5) is 0 Å². The number of nitrogens with two attached hydrogens (primary N) is 1. The highest BCUT2D eigenvalue weighted by Crippen LogP contribution is 2.22. The van der Waals surface area contributed by atoms with Gasteiger partial charge in [0.1, 0.15) is 0 Å². The van der Waals surface area contributed by atoms with Crippen LogP contribution in [-0.2, 0) is 9.47 Å². The van der Waals surface area contributed by atoms with Crippen LogP contribution in [0.15, 0.2) is 0 Å². The molecule has 0 saturated carbocycles. The standard InChI is InChI=1S/C11H24N2O2/c1-9-4-5-13(10(6-9)7-12)8-11(14-2)15-3/h9-11H,4-8,12H2,1-3H3. The number of rotatable bonds is 5. The zero-order valence-corrected chi connectivity index (χ0v) is 10.1. The van der Waals surface area contributed by atoms with Crippen LogP contribution >= 0.6 is 0 Å². The fraction of sp³-hybridized carbons (Fsp3) is 1.00. The average Bonchev–Trinajstić information content (AvgIpc) is 2.27. The van der Waals surface area contributed by atoms with Crippen LogP contribution in [-0.4, -0.2) is 51.1 Å². The maximum Gasteiger partial charge on any atom is 0.169 e. The highest BCUT2D eigenvalue weighted by atomic mass is 16.7. The minimum Gasteiger partial charge on any atom is -0.355 e. The summed E-state index contributed by atoms with van der Waals surface area (Å²) in [7, 11) is 3.36. The van der Waals surface area contributed by atoms with E-state index >= 15 is 0 Å². The Balaban J connectivity index is 2.44. The molecular formula is C11H24N2O2. The number of piperidine rings is 1. The lowest BCUT2D eigenvalue weighted by Crippen LogP contribution is -2.49. The molecule has 2 atom stereocenters. The summed E-state index contributed by atoms with van der Waals surface area (Å²) in [6.07, 6.45) is 2.31. The zero-order chi connectivity index (χ0) is 11.3. The van der Waals surface area contributed by atoms with E-state index in [1.807, 2.05) is 0 Å². The molecule has 90 valence electrons. The quantitative estimate of drug-likeness (QED) is 0.686. The van der Waals surface area contributed by atoms with Gasteiger partial charge < -0.3 is 15.2 Å². The third-order valence-corrected chi connectivity index (χ3v) is 3.28. The van der Waals surface area contributed by atoms with Crippen molar-refractivity contribution < 1.29 is 9.47 Å². The largest absolute Gasteiger partial charge is 0.355 e. The summed E-state index contributed by atoms with van der Waals surface area (Å²) in [5, 5.41) is 0. The van der Waals surface area contributed by atoms with E-state index in [0.29, 0.717) is 6.04 Å². The van der Waals surface area contributed by atoms with Crippen LogP contribution in [0.25, 0.3) is 0 Å². The molecule has 2 unspecified atom stereocenters. The molecule has 1 rings (SSSR count). The Bertz CT molecular complexity index is 174. The normalized spacial score (nSPS) is 28.6. The Morgan fingerprint density at radius 1 is 1.40 bits per heavy atom. The van der Waals surface area contributed by atoms with E-state index in [4.69, 9.17) is 15.2 Å². The van der Waals surface area contributed by atoms with Crippen molar-refractivity contribution in [1.29, 1.82) is 0 Å². The summed E-state index contributed by atoms with van der Waals surface area (Å²) < 4.78 is 10.4. The Labute approximate surface area is 92.7 Å². The van der Waals surface area contributed by atoms with Crippen molar-refractivity contribution in [1.82, 2.24) is 4.90 Å². The highest BCUT2D eigenvalue weighted by molar-refractivity contribution is 4.81. The van der Waals surface area contributed by atoms with Gasteiger partial charge in [0.2, 0.25) is 0 Å². The lowest BCUT2D eigenvalue weighted by Gasteiger charge is -2.39. The summed E-state index contributed by atoms with van der Waals surface area (Å²) in [6, 6.07) is 0.488. The number of hydrogen-bond acceptors (Lipinski definition) is 4. The SMILES string of the molecule is COC(CN1CCC(C)CC1CN)OC. The first-order valence-corrected chi connectivity index (χ1v) is 5.71. The lowest BCUT2D eigenvalue weighted by atomic mass is 9.92. The first kappa shape index (κ1) is 12.9. The second-order valence-electron chi connectivity index (χ2n) is 4.41. The van der Waals surface area contributed by atoms with E-state index < -0.39 is 0 Å². The number of likely N-dealkylation sites (tertiary alicyclic amines) is 1. The molecular weight excluding hydrogens is 192 g/mol. The van der Waals surface area contributed by atoms with Gasteiger partial charge in [-0.25, -0.2) is 0 Å². The van der Waals surface area contributed by atoms with Gasteiger partial charge in [-0.3, -0.25) is 4.90 Å². The molecule has 0 radical (unpaired) electrons. The van der Waals surface area contributed by atoms with E-state index in [2.05, 4.69) is 11.8 Å². The number of nitrogens with zero attached hydrogens (tertiary/aromatic N) is 1. The fourth-order valence-electron chi connectivity index (χ4n) is 2.22. The van der Waals surface area contributed by atoms with Crippen LogP contribution in [0.1, 0.15) is 19.8 Å². The molecule has 0 amide bonds. The Kier molecular flexibility index (Phi) is 5.53. The van der Waals surface area contributed by atoms with E-state index in [-0.39, 0.29) is 6.29 Å². The predicted molar refractivity (Wildman–Crippen MR) is 60.6 cm³/mol. The highest BCUT2D eigenvalue weighted by Gasteiger charge is 2.26. The second kappa shape index (κ2) is 6.43. The van der Waals surface area contributed by atoms with Crippen molar-refractivity contribution >= 4 is 0 Å². The summed E-state index contributed by atoms with van der Waals surface area (Å²) in [6.45, 7) is 4.95. The van der Waals surface area contributed by atoms with Crippen LogP contribution in [0.3, 0.4) is 0 Å². The summed E-state index contributed by atoms with van der Waals surface area (Å²) in [4.78, 5) is 2.39. The van der Waals surface area contributed by atoms with Gasteiger partial charge >= 0.3 is 0 Å². The molecule has 0 spiro atoms. The Morgan fingerprint density at radius 3 is 2.60 bits per heavy atom. The van der Waals surface area contributed by atoms with Crippen molar-refractivity contribution in [3.05, 3.63) is 0 Å². The molecule has 1 heterocycles. The maximum atomic E-state index is 5.79. The topological polar surface area (TPSA) is 47.7 Å². The predicted octanol–water partition coefficient (Wildman–Crippen LogP) is 0.665. The molecule has 1 saturated heterocycles. The summed E-state index contributed by atoms with van der Waals surface area (Å²) >= 11 is 0.